The molecule has 0 saturated heterocycles. The first-order valence-corrected chi connectivity index (χ1v) is 6.21. The molecule has 0 aliphatic carbocycles. The van der Waals surface area contributed by atoms with Crippen LogP contribution in [0.15, 0.2) is 47.6 Å². The highest BCUT2D eigenvalue weighted by Crippen LogP contribution is 2.16. The summed E-state index contributed by atoms with van der Waals surface area (Å²) in [6.07, 6.45) is 1.68. The Bertz CT molecular complexity index is 620. The van der Waals surface area contributed by atoms with Crippen LogP contribution in [0, 0.1) is 0 Å². The van der Waals surface area contributed by atoms with Gasteiger partial charge in [0.1, 0.15) is 0 Å². The third-order valence-electron chi connectivity index (χ3n) is 2.95. The van der Waals surface area contributed by atoms with Gasteiger partial charge in [-0.25, -0.2) is 10.2 Å². The Kier molecular flexibility index (Phi) is 4.13. The number of rotatable bonds is 4. The number of urea groups is 1. The molecule has 0 saturated carbocycles. The zero-order valence-electron chi connectivity index (χ0n) is 10.9. The monoisotopic (exact) mass is 255 g/mol. The maximum atomic E-state index is 10.5. The fourth-order valence-electron chi connectivity index (χ4n) is 1.93. The average Bonchev–Trinajstić information content (AvgIpc) is 2.42. The number of carbonyl (C=O) groups is 1. The van der Waals surface area contributed by atoms with Gasteiger partial charge in [-0.3, -0.25) is 0 Å². The predicted molar refractivity (Wildman–Crippen MR) is 78.1 cm³/mol. The van der Waals surface area contributed by atoms with E-state index in [9.17, 15) is 4.79 Å². The molecule has 0 spiro atoms. The molecule has 3 N–H and O–H groups in total. The van der Waals surface area contributed by atoms with Crippen molar-refractivity contribution in [2.24, 2.45) is 10.8 Å². The third kappa shape index (κ3) is 3.81. The van der Waals surface area contributed by atoms with E-state index in [1.807, 2.05) is 19.1 Å². The number of hydrazone groups is 1. The molecule has 19 heavy (non-hydrogen) atoms. The number of hydrogen-bond acceptors (Lipinski definition) is 2. The van der Waals surface area contributed by atoms with Gasteiger partial charge in [-0.05, 0) is 36.1 Å². The van der Waals surface area contributed by atoms with Crippen LogP contribution in [-0.4, -0.2) is 11.7 Å². The lowest BCUT2D eigenvalue weighted by Gasteiger charge is -2.04. The number of aryl methyl sites for hydroxylation is 1. The molecule has 0 unspecified atom stereocenters. The van der Waals surface area contributed by atoms with Crippen molar-refractivity contribution >= 4 is 22.5 Å². The number of carbonyl (C=O) groups excluding carboxylic acids is 1. The number of nitrogens with zero attached hydrogens (tertiary/aromatic N) is 1. The molecule has 0 radical (unpaired) electrons. The van der Waals surface area contributed by atoms with E-state index in [1.54, 1.807) is 0 Å². The fourth-order valence-corrected chi connectivity index (χ4v) is 1.93. The normalized spacial score (nSPS) is 11.5. The maximum Gasteiger partial charge on any atom is 0.332 e. The van der Waals surface area contributed by atoms with Crippen LogP contribution in [0.2, 0.25) is 0 Å². The van der Waals surface area contributed by atoms with E-state index in [-0.39, 0.29) is 0 Å². The van der Waals surface area contributed by atoms with Crippen molar-refractivity contribution < 1.29 is 4.79 Å². The number of amides is 2. The Morgan fingerprint density at radius 3 is 2.68 bits per heavy atom. The van der Waals surface area contributed by atoms with Gasteiger partial charge in [0.05, 0.1) is 0 Å². The molecule has 2 aromatic rings. The second kappa shape index (κ2) is 6.00. The number of benzene rings is 2. The summed E-state index contributed by atoms with van der Waals surface area (Å²) in [6.45, 7) is 1.87. The lowest BCUT2D eigenvalue weighted by molar-refractivity contribution is 0.249. The largest absolute Gasteiger partial charge is 0.350 e. The van der Waals surface area contributed by atoms with E-state index >= 15 is 0 Å². The number of hydrogen-bond donors (Lipinski definition) is 2. The van der Waals surface area contributed by atoms with Crippen molar-refractivity contribution in [2.45, 2.75) is 19.8 Å². The Morgan fingerprint density at radius 1 is 1.21 bits per heavy atom. The first kappa shape index (κ1) is 13.1. The standard InChI is InChI=1S/C15H17N3O/c1-11(17-18-15(16)19)6-7-12-8-9-13-4-2-3-5-14(13)10-12/h2-5,8-10H,6-7H2,1H3,(H3,16,18,19). The van der Waals surface area contributed by atoms with Crippen LogP contribution in [0.1, 0.15) is 18.9 Å². The number of nitrogens with one attached hydrogen (secondary N) is 1. The van der Waals surface area contributed by atoms with E-state index in [0.29, 0.717) is 0 Å². The molecule has 98 valence electrons. The molecule has 0 aliphatic heterocycles. The van der Waals surface area contributed by atoms with Gasteiger partial charge in [-0.1, -0.05) is 42.5 Å². The first-order valence-electron chi connectivity index (χ1n) is 6.21. The van der Waals surface area contributed by atoms with Gasteiger partial charge in [-0.2, -0.15) is 5.10 Å². The van der Waals surface area contributed by atoms with Crippen molar-refractivity contribution in [3.05, 3.63) is 48.0 Å². The first-order chi connectivity index (χ1) is 9.15. The van der Waals surface area contributed by atoms with Gasteiger partial charge < -0.3 is 5.73 Å². The summed E-state index contributed by atoms with van der Waals surface area (Å²) in [6, 6.07) is 14.1. The van der Waals surface area contributed by atoms with Gasteiger partial charge in [-0.15, -0.1) is 0 Å². The van der Waals surface area contributed by atoms with E-state index in [1.165, 1.54) is 16.3 Å². The quantitative estimate of drug-likeness (QED) is 0.640. The molecule has 2 rings (SSSR count). The van der Waals surface area contributed by atoms with Gasteiger partial charge in [0.2, 0.25) is 0 Å². The van der Waals surface area contributed by atoms with Gasteiger partial charge in [0.15, 0.2) is 0 Å². The summed E-state index contributed by atoms with van der Waals surface area (Å²) in [5, 5.41) is 6.38. The van der Waals surface area contributed by atoms with E-state index in [4.69, 9.17) is 5.73 Å². The highest BCUT2D eigenvalue weighted by atomic mass is 16.2. The summed E-state index contributed by atoms with van der Waals surface area (Å²) in [4.78, 5) is 10.5. The molecule has 0 heterocycles. The Balaban J connectivity index is 2.01. The average molecular weight is 255 g/mol. The SMILES string of the molecule is CC(CCc1ccc2ccccc2c1)=NNC(N)=O. The van der Waals surface area contributed by atoms with Crippen LogP contribution >= 0.6 is 0 Å². The lowest BCUT2D eigenvalue weighted by Crippen LogP contribution is -2.25. The van der Waals surface area contributed by atoms with E-state index in [2.05, 4.69) is 40.9 Å². The van der Waals surface area contributed by atoms with Gasteiger partial charge in [0.25, 0.3) is 0 Å². The molecule has 4 heteroatoms. The molecule has 0 atom stereocenters. The molecule has 2 amide bonds. The summed E-state index contributed by atoms with van der Waals surface area (Å²) in [5.74, 6) is 0. The predicted octanol–water partition coefficient (Wildman–Crippen LogP) is 2.82. The maximum absolute atomic E-state index is 10.5. The van der Waals surface area contributed by atoms with Crippen molar-refractivity contribution in [2.75, 3.05) is 0 Å². The lowest BCUT2D eigenvalue weighted by atomic mass is 10.0. The Morgan fingerprint density at radius 2 is 1.95 bits per heavy atom. The van der Waals surface area contributed by atoms with Gasteiger partial charge in [0, 0.05) is 5.71 Å². The summed E-state index contributed by atoms with van der Waals surface area (Å²) in [7, 11) is 0. The molecular weight excluding hydrogens is 238 g/mol. The topological polar surface area (TPSA) is 67.5 Å². The zero-order chi connectivity index (χ0) is 13.7. The highest BCUT2D eigenvalue weighted by Gasteiger charge is 1.99. The van der Waals surface area contributed by atoms with Crippen LogP contribution in [-0.2, 0) is 6.42 Å². The van der Waals surface area contributed by atoms with Crippen LogP contribution in [0.5, 0.6) is 0 Å². The minimum Gasteiger partial charge on any atom is -0.350 e. The van der Waals surface area contributed by atoms with Gasteiger partial charge >= 0.3 is 6.03 Å². The van der Waals surface area contributed by atoms with Crippen LogP contribution in [0.25, 0.3) is 10.8 Å². The second-order valence-corrected chi connectivity index (χ2v) is 4.50. The minimum absolute atomic E-state index is 0.634. The van der Waals surface area contributed by atoms with E-state index in [0.717, 1.165) is 18.6 Å². The van der Waals surface area contributed by atoms with Crippen LogP contribution in [0.3, 0.4) is 0 Å². The Hall–Kier alpha value is -2.36. The minimum atomic E-state index is -0.634. The second-order valence-electron chi connectivity index (χ2n) is 4.50. The number of fused-ring (bicyclic) bond motifs is 1. The molecule has 0 aromatic heterocycles. The molecule has 0 fully saturated rings. The molecule has 0 aliphatic rings. The summed E-state index contributed by atoms with van der Waals surface area (Å²) < 4.78 is 0. The number of nitrogens with two attached hydrogens (primary N) is 1. The van der Waals surface area contributed by atoms with Crippen molar-refractivity contribution in [3.63, 3.8) is 0 Å². The van der Waals surface area contributed by atoms with Crippen molar-refractivity contribution in [1.82, 2.24) is 5.43 Å². The molecule has 4 nitrogen and oxygen atoms in total. The highest BCUT2D eigenvalue weighted by molar-refractivity contribution is 5.85. The molecular formula is C15H17N3O. The molecule has 0 bridgehead atoms. The van der Waals surface area contributed by atoms with Crippen LogP contribution in [0.4, 0.5) is 4.79 Å². The smallest absolute Gasteiger partial charge is 0.332 e. The summed E-state index contributed by atoms with van der Waals surface area (Å²) >= 11 is 0. The fraction of sp³-hybridized carbons (Fsp3) is 0.200. The zero-order valence-corrected chi connectivity index (χ0v) is 10.9. The van der Waals surface area contributed by atoms with Crippen molar-refractivity contribution in [1.29, 1.82) is 0 Å². The Labute approximate surface area is 112 Å². The van der Waals surface area contributed by atoms with Crippen LogP contribution < -0.4 is 11.2 Å². The van der Waals surface area contributed by atoms with E-state index < -0.39 is 6.03 Å². The summed E-state index contributed by atoms with van der Waals surface area (Å²) in [5.41, 5.74) is 9.30. The van der Waals surface area contributed by atoms with Crippen molar-refractivity contribution in [3.8, 4) is 0 Å². The third-order valence-corrected chi connectivity index (χ3v) is 2.95. The molecule has 2 aromatic carbocycles. The number of primary amides is 1.